The standard InChI is InChI=1S/C7H7F3N6O/c1-6(11,7(8,9)10)5-13-4(15-17-5)3-2-12-16-14-3/h2H,11H2,1H3,(H,12,14,16). The predicted molar refractivity (Wildman–Crippen MR) is 47.3 cm³/mol. The van der Waals surface area contributed by atoms with Crippen LogP contribution in [-0.2, 0) is 5.54 Å². The summed E-state index contributed by atoms with van der Waals surface area (Å²) in [6, 6.07) is 0. The van der Waals surface area contributed by atoms with E-state index in [-0.39, 0.29) is 11.5 Å². The molecular weight excluding hydrogens is 241 g/mol. The van der Waals surface area contributed by atoms with E-state index in [1.807, 2.05) is 0 Å². The summed E-state index contributed by atoms with van der Waals surface area (Å²) in [5, 5.41) is 12.7. The quantitative estimate of drug-likeness (QED) is 0.805. The van der Waals surface area contributed by atoms with Crippen LogP contribution in [0.25, 0.3) is 11.5 Å². The van der Waals surface area contributed by atoms with Crippen molar-refractivity contribution in [3.05, 3.63) is 12.1 Å². The molecule has 17 heavy (non-hydrogen) atoms. The van der Waals surface area contributed by atoms with Crippen molar-refractivity contribution < 1.29 is 17.7 Å². The van der Waals surface area contributed by atoms with E-state index in [1.54, 1.807) is 0 Å². The van der Waals surface area contributed by atoms with E-state index in [2.05, 4.69) is 30.1 Å². The van der Waals surface area contributed by atoms with Crippen LogP contribution in [0.5, 0.6) is 0 Å². The van der Waals surface area contributed by atoms with Crippen molar-refractivity contribution in [1.29, 1.82) is 0 Å². The van der Waals surface area contributed by atoms with Gasteiger partial charge in [-0.2, -0.15) is 33.6 Å². The van der Waals surface area contributed by atoms with Gasteiger partial charge in [0.15, 0.2) is 11.2 Å². The van der Waals surface area contributed by atoms with E-state index in [9.17, 15) is 13.2 Å². The third-order valence-corrected chi connectivity index (χ3v) is 2.10. The molecule has 10 heteroatoms. The molecule has 0 bridgehead atoms. The molecule has 0 aliphatic rings. The van der Waals surface area contributed by atoms with Crippen LogP contribution in [0.2, 0.25) is 0 Å². The number of hydrogen-bond donors (Lipinski definition) is 2. The summed E-state index contributed by atoms with van der Waals surface area (Å²) in [5.74, 6) is -0.849. The Kier molecular flexibility index (Phi) is 2.38. The van der Waals surface area contributed by atoms with Crippen molar-refractivity contribution in [3.63, 3.8) is 0 Å². The highest BCUT2D eigenvalue weighted by atomic mass is 19.4. The number of aromatic amines is 1. The highest BCUT2D eigenvalue weighted by Gasteiger charge is 2.53. The summed E-state index contributed by atoms with van der Waals surface area (Å²) < 4.78 is 42.2. The van der Waals surface area contributed by atoms with Crippen molar-refractivity contribution in [2.75, 3.05) is 0 Å². The highest BCUT2D eigenvalue weighted by Crippen LogP contribution is 2.35. The first kappa shape index (κ1) is 11.5. The molecule has 1 unspecified atom stereocenters. The zero-order valence-electron chi connectivity index (χ0n) is 8.49. The maximum Gasteiger partial charge on any atom is 0.415 e. The minimum Gasteiger partial charge on any atom is -0.336 e. The molecule has 2 aromatic heterocycles. The van der Waals surface area contributed by atoms with Crippen LogP contribution in [0, 0.1) is 0 Å². The molecule has 7 nitrogen and oxygen atoms in total. The van der Waals surface area contributed by atoms with Gasteiger partial charge in [-0.25, -0.2) is 0 Å². The SMILES string of the molecule is CC(N)(c1nc(-c2cn[nH]n2)no1)C(F)(F)F. The topological polar surface area (TPSA) is 107 Å². The van der Waals surface area contributed by atoms with E-state index in [0.29, 0.717) is 0 Å². The Hall–Kier alpha value is -1.97. The van der Waals surface area contributed by atoms with Crippen molar-refractivity contribution >= 4 is 0 Å². The van der Waals surface area contributed by atoms with E-state index in [0.717, 1.165) is 6.92 Å². The van der Waals surface area contributed by atoms with Gasteiger partial charge in [-0.15, -0.1) is 0 Å². The average molecular weight is 248 g/mol. The second-order valence-corrected chi connectivity index (χ2v) is 3.48. The number of alkyl halides is 3. The Morgan fingerprint density at radius 2 is 2.12 bits per heavy atom. The van der Waals surface area contributed by atoms with Gasteiger partial charge in [0.2, 0.25) is 5.82 Å². The summed E-state index contributed by atoms with van der Waals surface area (Å²) in [6.45, 7) is 0.743. The molecule has 3 N–H and O–H groups in total. The van der Waals surface area contributed by atoms with Crippen LogP contribution in [0.3, 0.4) is 0 Å². The molecule has 0 fully saturated rings. The molecule has 0 aromatic carbocycles. The normalized spacial score (nSPS) is 15.8. The first-order valence-electron chi connectivity index (χ1n) is 4.38. The lowest BCUT2D eigenvalue weighted by atomic mass is 10.0. The number of hydrogen-bond acceptors (Lipinski definition) is 6. The van der Waals surface area contributed by atoms with Crippen LogP contribution in [0.1, 0.15) is 12.8 Å². The highest BCUT2D eigenvalue weighted by molar-refractivity contribution is 5.45. The third-order valence-electron chi connectivity index (χ3n) is 2.10. The molecule has 1 atom stereocenters. The lowest BCUT2D eigenvalue weighted by molar-refractivity contribution is -0.190. The van der Waals surface area contributed by atoms with Crippen molar-refractivity contribution in [3.8, 4) is 11.5 Å². The zero-order valence-corrected chi connectivity index (χ0v) is 8.49. The molecule has 2 heterocycles. The van der Waals surface area contributed by atoms with Gasteiger partial charge in [-0.1, -0.05) is 5.16 Å². The van der Waals surface area contributed by atoms with Gasteiger partial charge in [0, 0.05) is 0 Å². The fourth-order valence-corrected chi connectivity index (χ4v) is 0.969. The molecule has 2 rings (SSSR count). The molecule has 0 saturated carbocycles. The monoisotopic (exact) mass is 248 g/mol. The number of halogens is 3. The van der Waals surface area contributed by atoms with Crippen LogP contribution < -0.4 is 5.73 Å². The summed E-state index contributed by atoms with van der Waals surface area (Å²) >= 11 is 0. The summed E-state index contributed by atoms with van der Waals surface area (Å²) in [4.78, 5) is 3.55. The van der Waals surface area contributed by atoms with Gasteiger partial charge < -0.3 is 10.3 Å². The molecule has 0 spiro atoms. The van der Waals surface area contributed by atoms with Gasteiger partial charge in [-0.3, -0.25) is 0 Å². The molecule has 0 amide bonds. The van der Waals surface area contributed by atoms with Gasteiger partial charge >= 0.3 is 6.18 Å². The Morgan fingerprint density at radius 1 is 1.41 bits per heavy atom. The summed E-state index contributed by atoms with van der Waals surface area (Å²) in [5.41, 5.74) is 2.58. The fraction of sp³-hybridized carbons (Fsp3) is 0.429. The Bertz CT molecular complexity index is 502. The molecule has 2 aromatic rings. The minimum atomic E-state index is -4.69. The lowest BCUT2D eigenvalue weighted by Gasteiger charge is -2.22. The largest absolute Gasteiger partial charge is 0.415 e. The average Bonchev–Trinajstić information content (AvgIpc) is 2.87. The zero-order chi connectivity index (χ0) is 12.7. The predicted octanol–water partition coefficient (Wildman–Crippen LogP) is 0.591. The van der Waals surface area contributed by atoms with Crippen LogP contribution in [-0.4, -0.2) is 31.7 Å². The van der Waals surface area contributed by atoms with Crippen LogP contribution in [0.4, 0.5) is 13.2 Å². The smallest absolute Gasteiger partial charge is 0.336 e. The maximum atomic E-state index is 12.6. The third kappa shape index (κ3) is 1.86. The number of nitrogens with two attached hydrogens (primary N) is 1. The van der Waals surface area contributed by atoms with Gasteiger partial charge in [-0.05, 0) is 6.92 Å². The van der Waals surface area contributed by atoms with E-state index < -0.39 is 17.6 Å². The lowest BCUT2D eigenvalue weighted by Crippen LogP contribution is -2.47. The van der Waals surface area contributed by atoms with Crippen molar-refractivity contribution in [2.24, 2.45) is 5.73 Å². The maximum absolute atomic E-state index is 12.6. The Balaban J connectivity index is 2.37. The van der Waals surface area contributed by atoms with Crippen molar-refractivity contribution in [1.82, 2.24) is 25.6 Å². The van der Waals surface area contributed by atoms with Crippen LogP contribution >= 0.6 is 0 Å². The van der Waals surface area contributed by atoms with E-state index >= 15 is 0 Å². The van der Waals surface area contributed by atoms with Gasteiger partial charge in [0.1, 0.15) is 0 Å². The molecule has 0 radical (unpaired) electrons. The first-order valence-corrected chi connectivity index (χ1v) is 4.38. The van der Waals surface area contributed by atoms with Gasteiger partial charge in [0.25, 0.3) is 5.89 Å². The first-order chi connectivity index (χ1) is 7.82. The van der Waals surface area contributed by atoms with Gasteiger partial charge in [0.05, 0.1) is 6.20 Å². The Morgan fingerprint density at radius 3 is 2.65 bits per heavy atom. The second-order valence-electron chi connectivity index (χ2n) is 3.48. The van der Waals surface area contributed by atoms with Crippen LogP contribution in [0.15, 0.2) is 10.7 Å². The molecule has 0 aliphatic carbocycles. The minimum absolute atomic E-state index is 0.116. The number of nitrogens with zero attached hydrogens (tertiary/aromatic N) is 4. The number of H-pyrrole nitrogens is 1. The molecule has 0 aliphatic heterocycles. The molecule has 0 saturated heterocycles. The van der Waals surface area contributed by atoms with Crippen molar-refractivity contribution in [2.45, 2.75) is 18.6 Å². The Labute approximate surface area is 92.2 Å². The number of nitrogens with one attached hydrogen (secondary N) is 1. The van der Waals surface area contributed by atoms with E-state index in [4.69, 9.17) is 5.73 Å². The number of rotatable bonds is 2. The molecular formula is C7H7F3N6O. The molecule has 92 valence electrons. The van der Waals surface area contributed by atoms with E-state index in [1.165, 1.54) is 6.20 Å². The summed E-state index contributed by atoms with van der Waals surface area (Å²) in [7, 11) is 0. The fourth-order valence-electron chi connectivity index (χ4n) is 0.969. The summed E-state index contributed by atoms with van der Waals surface area (Å²) in [6.07, 6.45) is -3.45. The second kappa shape index (κ2) is 3.52. The number of aromatic nitrogens is 5.